The van der Waals surface area contributed by atoms with Gasteiger partial charge >= 0.3 is 0 Å². The number of rotatable bonds is 5. The lowest BCUT2D eigenvalue weighted by molar-refractivity contribution is -0.750. The third-order valence-corrected chi connectivity index (χ3v) is 5.49. The van der Waals surface area contributed by atoms with Gasteiger partial charge in [-0.15, -0.1) is 4.59 Å². The minimum atomic E-state index is 0.0145. The Hall–Kier alpha value is -3.54. The van der Waals surface area contributed by atoms with E-state index in [1.807, 2.05) is 60.8 Å². The molecular weight excluding hydrogens is 372 g/mol. The average molecular weight is 395 g/mol. The Kier molecular flexibility index (Phi) is 4.35. The molecule has 0 aromatic heterocycles. The number of nitrogens with zero attached hydrogens (tertiary/aromatic N) is 3. The number of aliphatic imine (C=N–C) groups is 2. The first-order chi connectivity index (χ1) is 14.5. The second-order valence-corrected chi connectivity index (χ2v) is 7.86. The number of ether oxygens (including phenoxy) is 1. The molecule has 1 atom stereocenters. The topological polar surface area (TPSA) is 60.0 Å². The summed E-state index contributed by atoms with van der Waals surface area (Å²) in [6.45, 7) is 4.35. The van der Waals surface area contributed by atoms with Gasteiger partial charge < -0.3 is 4.74 Å². The molecule has 2 heterocycles. The summed E-state index contributed by atoms with van der Waals surface area (Å²) in [7, 11) is 0. The van der Waals surface area contributed by atoms with Gasteiger partial charge in [0.05, 0.1) is 18.0 Å². The normalized spacial score (nSPS) is 21.5. The van der Waals surface area contributed by atoms with E-state index in [1.165, 1.54) is 5.56 Å². The van der Waals surface area contributed by atoms with Crippen LogP contribution in [0.15, 0.2) is 106 Å². The monoisotopic (exact) mass is 395 g/mol. The van der Waals surface area contributed by atoms with Crippen molar-refractivity contribution in [3.8, 4) is 11.5 Å². The van der Waals surface area contributed by atoms with Crippen molar-refractivity contribution in [3.05, 3.63) is 107 Å². The lowest BCUT2D eigenvalue weighted by atomic mass is 10.0. The molecule has 0 fully saturated rings. The number of hydrogen-bond donors (Lipinski definition) is 1. The highest BCUT2D eigenvalue weighted by atomic mass is 16.5. The van der Waals surface area contributed by atoms with Gasteiger partial charge in [0.1, 0.15) is 23.4 Å². The Bertz CT molecular complexity index is 1200. The molecule has 2 aliphatic heterocycles. The predicted molar refractivity (Wildman–Crippen MR) is 120 cm³/mol. The summed E-state index contributed by atoms with van der Waals surface area (Å²) >= 11 is 0. The predicted octanol–water partition coefficient (Wildman–Crippen LogP) is 5.32. The minimum Gasteiger partial charge on any atom is -0.457 e. The van der Waals surface area contributed by atoms with Crippen LogP contribution in [0, 0.1) is 0 Å². The van der Waals surface area contributed by atoms with Gasteiger partial charge in [-0.05, 0) is 47.9 Å². The van der Waals surface area contributed by atoms with Crippen molar-refractivity contribution in [2.75, 3.05) is 0 Å². The fourth-order valence-corrected chi connectivity index (χ4v) is 3.69. The maximum atomic E-state index is 6.74. The molecule has 2 N–H and O–H groups in total. The Morgan fingerprint density at radius 1 is 1.03 bits per heavy atom. The summed E-state index contributed by atoms with van der Waals surface area (Å²) in [4.78, 5) is 9.14. The average Bonchev–Trinajstić information content (AvgIpc) is 3.00. The molecule has 0 saturated carbocycles. The molecular formula is C25H23N4O+. The van der Waals surface area contributed by atoms with Crippen LogP contribution < -0.4 is 10.6 Å². The zero-order valence-electron chi connectivity index (χ0n) is 17.0. The Morgan fingerprint density at radius 3 is 2.53 bits per heavy atom. The fourth-order valence-electron chi connectivity index (χ4n) is 3.69. The molecule has 5 heteroatoms. The molecule has 5 rings (SSSR count). The molecule has 5 nitrogen and oxygen atoms in total. The molecule has 0 bridgehead atoms. The summed E-state index contributed by atoms with van der Waals surface area (Å²) < 4.78 is 6.08. The van der Waals surface area contributed by atoms with Crippen molar-refractivity contribution in [3.63, 3.8) is 0 Å². The number of nitrogens with two attached hydrogens (primary N) is 1. The van der Waals surface area contributed by atoms with Gasteiger partial charge in [0, 0.05) is 5.57 Å². The van der Waals surface area contributed by atoms with Crippen molar-refractivity contribution >= 4 is 12.1 Å². The van der Waals surface area contributed by atoms with Crippen LogP contribution in [0.5, 0.6) is 11.5 Å². The first kappa shape index (κ1) is 18.5. The first-order valence-electron chi connectivity index (χ1n) is 10.0. The second kappa shape index (κ2) is 7.06. The first-order valence-corrected chi connectivity index (χ1v) is 10.0. The number of allylic oxidation sites excluding steroid dienone is 4. The van der Waals surface area contributed by atoms with E-state index in [9.17, 15) is 0 Å². The van der Waals surface area contributed by atoms with Crippen molar-refractivity contribution in [1.82, 2.24) is 0 Å². The summed E-state index contributed by atoms with van der Waals surface area (Å²) in [5, 5.41) is 0. The van der Waals surface area contributed by atoms with E-state index in [-0.39, 0.29) is 4.59 Å². The minimum absolute atomic E-state index is 0.0145. The number of fused-ring (bicyclic) bond motifs is 1. The van der Waals surface area contributed by atoms with Crippen LogP contribution >= 0.6 is 0 Å². The van der Waals surface area contributed by atoms with Crippen molar-refractivity contribution in [2.24, 2.45) is 15.8 Å². The fraction of sp³-hybridized carbons (Fsp3) is 0.120. The lowest BCUT2D eigenvalue weighted by Gasteiger charge is -2.26. The maximum absolute atomic E-state index is 6.74. The number of amidine groups is 1. The smallest absolute Gasteiger partial charge is 0.265 e. The number of quaternary nitrogens is 1. The van der Waals surface area contributed by atoms with Crippen LogP contribution in [0.1, 0.15) is 30.9 Å². The van der Waals surface area contributed by atoms with Crippen LogP contribution in [0.25, 0.3) is 0 Å². The summed E-state index contributed by atoms with van der Waals surface area (Å²) in [6.07, 6.45) is 11.4. The molecule has 0 amide bonds. The molecule has 1 unspecified atom stereocenters. The molecule has 2 aromatic carbocycles. The van der Waals surface area contributed by atoms with Gasteiger partial charge in [0.25, 0.3) is 5.84 Å². The third-order valence-electron chi connectivity index (χ3n) is 5.49. The lowest BCUT2D eigenvalue weighted by Crippen LogP contribution is -2.53. The van der Waals surface area contributed by atoms with Gasteiger partial charge in [0.2, 0.25) is 5.70 Å². The van der Waals surface area contributed by atoms with E-state index in [1.54, 1.807) is 12.4 Å². The quantitative estimate of drug-likeness (QED) is 0.550. The number of hydrogen-bond acceptors (Lipinski definition) is 4. The SMILES string of the molecule is CC(C)c1cccc(Oc2ccc(C3=NC(C4=CC=C4)=C4C=NC=C[N+]34N)cc2)c1. The zero-order valence-corrected chi connectivity index (χ0v) is 17.0. The Morgan fingerprint density at radius 2 is 1.83 bits per heavy atom. The van der Waals surface area contributed by atoms with E-state index in [4.69, 9.17) is 15.6 Å². The maximum Gasteiger partial charge on any atom is 0.265 e. The summed E-state index contributed by atoms with van der Waals surface area (Å²) in [6, 6.07) is 16.1. The highest BCUT2D eigenvalue weighted by Crippen LogP contribution is 2.36. The van der Waals surface area contributed by atoms with Crippen LogP contribution in [0.2, 0.25) is 0 Å². The van der Waals surface area contributed by atoms with E-state index in [0.29, 0.717) is 5.92 Å². The Labute approximate surface area is 176 Å². The van der Waals surface area contributed by atoms with E-state index >= 15 is 0 Å². The molecule has 30 heavy (non-hydrogen) atoms. The van der Waals surface area contributed by atoms with Crippen molar-refractivity contribution in [2.45, 2.75) is 19.8 Å². The van der Waals surface area contributed by atoms with Crippen molar-refractivity contribution in [1.29, 1.82) is 0 Å². The largest absolute Gasteiger partial charge is 0.457 e. The van der Waals surface area contributed by atoms with Gasteiger partial charge in [-0.3, -0.25) is 4.99 Å². The standard InChI is InChI=1S/C25H23N4O/c1-17(2)20-7-4-8-22(15-20)30-21-11-9-19(10-12-21)25-28-24(18-5-3-6-18)23-16-27-13-14-29(23,25)26/h3-17H,26H2,1-2H3/q+1. The zero-order chi connectivity index (χ0) is 20.7. The van der Waals surface area contributed by atoms with Gasteiger partial charge in [-0.2, -0.15) is 10.8 Å². The summed E-state index contributed by atoms with van der Waals surface area (Å²) in [5.74, 6) is 9.57. The van der Waals surface area contributed by atoms with Crippen LogP contribution in [0.3, 0.4) is 0 Å². The highest BCUT2D eigenvalue weighted by Gasteiger charge is 2.44. The summed E-state index contributed by atoms with van der Waals surface area (Å²) in [5.41, 5.74) is 5.00. The molecule has 2 aromatic rings. The highest BCUT2D eigenvalue weighted by molar-refractivity contribution is 6.01. The van der Waals surface area contributed by atoms with Crippen LogP contribution in [-0.2, 0) is 0 Å². The van der Waals surface area contributed by atoms with Gasteiger partial charge in [-0.25, -0.2) is 0 Å². The van der Waals surface area contributed by atoms with Crippen LogP contribution in [0.4, 0.5) is 0 Å². The van der Waals surface area contributed by atoms with Gasteiger partial charge in [-0.1, -0.05) is 44.2 Å². The molecule has 0 radical (unpaired) electrons. The third kappa shape index (κ3) is 3.05. The molecule has 1 aliphatic carbocycles. The van der Waals surface area contributed by atoms with E-state index < -0.39 is 0 Å². The second-order valence-electron chi connectivity index (χ2n) is 7.86. The molecule has 148 valence electrons. The Balaban J connectivity index is 1.43. The van der Waals surface area contributed by atoms with Crippen LogP contribution in [-0.4, -0.2) is 16.6 Å². The van der Waals surface area contributed by atoms with E-state index in [0.717, 1.165) is 39.9 Å². The van der Waals surface area contributed by atoms with E-state index in [2.05, 4.69) is 31.0 Å². The number of benzene rings is 2. The molecule has 0 spiro atoms. The molecule has 3 aliphatic rings. The van der Waals surface area contributed by atoms with Crippen molar-refractivity contribution < 1.29 is 9.33 Å². The van der Waals surface area contributed by atoms with Gasteiger partial charge in [0.15, 0.2) is 0 Å². The molecule has 0 saturated heterocycles.